The number of amides is 1. The minimum Gasteiger partial charge on any atom is -0.497 e. The fraction of sp³-hybridized carbons (Fsp3) is 0.579. The van der Waals surface area contributed by atoms with Gasteiger partial charge in [-0.2, -0.15) is 13.2 Å². The Labute approximate surface area is 161 Å². The number of hydrazine groups is 1. The molecule has 2 heterocycles. The van der Waals surface area contributed by atoms with Crippen LogP contribution in [0.3, 0.4) is 0 Å². The number of hydrogen-bond donors (Lipinski definition) is 0. The molecule has 0 aromatic heterocycles. The number of carbonyl (C=O) groups excluding carboxylic acids is 2. The van der Waals surface area contributed by atoms with Crippen molar-refractivity contribution in [1.82, 2.24) is 10.0 Å². The first-order valence-corrected chi connectivity index (χ1v) is 8.96. The summed E-state index contributed by atoms with van der Waals surface area (Å²) in [5.41, 5.74) is -0.465. The summed E-state index contributed by atoms with van der Waals surface area (Å²) in [4.78, 5) is 25.1. The summed E-state index contributed by atoms with van der Waals surface area (Å²) in [6, 6.07) is 3.24. The van der Waals surface area contributed by atoms with Crippen molar-refractivity contribution in [2.75, 3.05) is 13.7 Å². The van der Waals surface area contributed by atoms with E-state index in [4.69, 9.17) is 9.47 Å². The number of nitrogens with zero attached hydrogens (tertiary/aromatic N) is 2. The quantitative estimate of drug-likeness (QED) is 0.730. The molecule has 0 saturated carbocycles. The van der Waals surface area contributed by atoms with Crippen molar-refractivity contribution in [3.8, 4) is 5.75 Å². The van der Waals surface area contributed by atoms with Gasteiger partial charge in [-0.15, -0.1) is 0 Å². The van der Waals surface area contributed by atoms with E-state index in [0.29, 0.717) is 16.3 Å². The van der Waals surface area contributed by atoms with E-state index in [2.05, 4.69) is 0 Å². The van der Waals surface area contributed by atoms with Crippen LogP contribution in [0.2, 0.25) is 0 Å². The van der Waals surface area contributed by atoms with Crippen LogP contribution in [0.15, 0.2) is 24.3 Å². The maximum atomic E-state index is 14.0. The third-order valence-electron chi connectivity index (χ3n) is 4.82. The van der Waals surface area contributed by atoms with Crippen LogP contribution in [-0.2, 0) is 14.3 Å². The Morgan fingerprint density at radius 2 is 1.75 bits per heavy atom. The molecule has 0 radical (unpaired) electrons. The number of methoxy groups -OCH3 is 1. The van der Waals surface area contributed by atoms with Crippen molar-refractivity contribution in [3.63, 3.8) is 0 Å². The molecule has 9 heteroatoms. The molecule has 0 aliphatic carbocycles. The molecule has 1 amide bonds. The Morgan fingerprint density at radius 3 is 2.25 bits per heavy atom. The van der Waals surface area contributed by atoms with Crippen LogP contribution in [0.5, 0.6) is 5.75 Å². The normalized spacial score (nSPS) is 25.8. The van der Waals surface area contributed by atoms with Gasteiger partial charge in [0.1, 0.15) is 17.3 Å². The number of alkyl halides is 3. The highest BCUT2D eigenvalue weighted by Gasteiger charge is 2.65. The molecular formula is C19H23F3N2O4. The summed E-state index contributed by atoms with van der Waals surface area (Å²) in [5, 5.41) is 2.04. The molecule has 2 aliphatic rings. The number of fused-ring (bicyclic) bond motifs is 1. The number of halogens is 3. The van der Waals surface area contributed by atoms with Crippen LogP contribution in [0.1, 0.15) is 38.8 Å². The van der Waals surface area contributed by atoms with Gasteiger partial charge in [0, 0.05) is 13.0 Å². The molecule has 3 unspecified atom stereocenters. The zero-order valence-corrected chi connectivity index (χ0v) is 16.1. The van der Waals surface area contributed by atoms with Crippen molar-refractivity contribution in [2.45, 2.75) is 51.1 Å². The average Bonchev–Trinajstić information content (AvgIpc) is 3.11. The maximum Gasteiger partial charge on any atom is 0.411 e. The third-order valence-corrected chi connectivity index (χ3v) is 4.82. The largest absolute Gasteiger partial charge is 0.497 e. The first-order valence-electron chi connectivity index (χ1n) is 8.96. The van der Waals surface area contributed by atoms with Gasteiger partial charge in [0.2, 0.25) is 5.91 Å². The topological polar surface area (TPSA) is 59.1 Å². The lowest BCUT2D eigenvalue weighted by molar-refractivity contribution is -0.207. The average molecular weight is 400 g/mol. The lowest BCUT2D eigenvalue weighted by atomic mass is 9.87. The number of hydrogen-bond acceptors (Lipinski definition) is 5. The lowest BCUT2D eigenvalue weighted by Crippen LogP contribution is -2.50. The standard InChI is InChI=1S/C19H23F3N2O4/c1-18(2,3)28-17(26)14-15(11-5-7-12(27-4)8-6-11)23-10-9-13(25)24(23)16(14)19(20,21)22/h5-8,14-16H,9-10H2,1-4H3. The van der Waals surface area contributed by atoms with Crippen LogP contribution in [0, 0.1) is 5.92 Å². The molecule has 2 saturated heterocycles. The monoisotopic (exact) mass is 400 g/mol. The summed E-state index contributed by atoms with van der Waals surface area (Å²) in [6.07, 6.45) is -4.80. The van der Waals surface area contributed by atoms with E-state index in [-0.39, 0.29) is 13.0 Å². The van der Waals surface area contributed by atoms with Gasteiger partial charge in [0.05, 0.1) is 13.2 Å². The van der Waals surface area contributed by atoms with Gasteiger partial charge in [-0.25, -0.2) is 5.01 Å². The second-order valence-corrected chi connectivity index (χ2v) is 7.92. The summed E-state index contributed by atoms with van der Waals surface area (Å²) < 4.78 is 52.3. The fourth-order valence-corrected chi connectivity index (χ4v) is 3.82. The summed E-state index contributed by atoms with van der Waals surface area (Å²) >= 11 is 0. The molecule has 0 bridgehead atoms. The number of benzene rings is 1. The molecule has 1 aromatic carbocycles. The summed E-state index contributed by atoms with van der Waals surface area (Å²) in [6.45, 7) is 4.90. The molecule has 3 rings (SSSR count). The lowest BCUT2D eigenvalue weighted by Gasteiger charge is -2.29. The minimum atomic E-state index is -4.78. The van der Waals surface area contributed by atoms with Crippen molar-refractivity contribution >= 4 is 11.9 Å². The number of esters is 1. The van der Waals surface area contributed by atoms with E-state index < -0.39 is 41.7 Å². The van der Waals surface area contributed by atoms with E-state index in [9.17, 15) is 22.8 Å². The molecular weight excluding hydrogens is 377 g/mol. The van der Waals surface area contributed by atoms with Gasteiger partial charge in [-0.1, -0.05) is 12.1 Å². The zero-order valence-electron chi connectivity index (χ0n) is 16.1. The second kappa shape index (κ2) is 6.95. The first-order chi connectivity index (χ1) is 12.9. The molecule has 28 heavy (non-hydrogen) atoms. The molecule has 6 nitrogen and oxygen atoms in total. The van der Waals surface area contributed by atoms with Gasteiger partial charge in [0.15, 0.2) is 6.04 Å². The number of ether oxygens (including phenoxy) is 2. The minimum absolute atomic E-state index is 0.0275. The van der Waals surface area contributed by atoms with Crippen LogP contribution in [0.4, 0.5) is 13.2 Å². The molecule has 0 N–H and O–H groups in total. The van der Waals surface area contributed by atoms with E-state index in [1.807, 2.05) is 0 Å². The first kappa shape index (κ1) is 20.4. The highest BCUT2D eigenvalue weighted by atomic mass is 19.4. The molecule has 2 aliphatic heterocycles. The van der Waals surface area contributed by atoms with Crippen molar-refractivity contribution in [3.05, 3.63) is 29.8 Å². The highest BCUT2D eigenvalue weighted by Crippen LogP contribution is 2.50. The third kappa shape index (κ3) is 3.67. The molecule has 1 aromatic rings. The molecule has 0 spiro atoms. The van der Waals surface area contributed by atoms with Crippen LogP contribution in [0.25, 0.3) is 0 Å². The van der Waals surface area contributed by atoms with Gasteiger partial charge in [-0.3, -0.25) is 14.6 Å². The van der Waals surface area contributed by atoms with Gasteiger partial charge in [-0.05, 0) is 38.5 Å². The Morgan fingerprint density at radius 1 is 1.14 bits per heavy atom. The summed E-state index contributed by atoms with van der Waals surface area (Å²) in [7, 11) is 1.48. The summed E-state index contributed by atoms with van der Waals surface area (Å²) in [5.74, 6) is -2.67. The Balaban J connectivity index is 2.09. The van der Waals surface area contributed by atoms with Crippen LogP contribution < -0.4 is 4.74 Å². The van der Waals surface area contributed by atoms with Crippen LogP contribution >= 0.6 is 0 Å². The van der Waals surface area contributed by atoms with E-state index in [0.717, 1.165) is 0 Å². The zero-order chi connectivity index (χ0) is 20.9. The maximum absolute atomic E-state index is 14.0. The Kier molecular flexibility index (Phi) is 5.07. The predicted molar refractivity (Wildman–Crippen MR) is 93.1 cm³/mol. The van der Waals surface area contributed by atoms with E-state index in [1.165, 1.54) is 12.1 Å². The van der Waals surface area contributed by atoms with E-state index in [1.54, 1.807) is 45.0 Å². The van der Waals surface area contributed by atoms with Crippen molar-refractivity contribution in [2.24, 2.45) is 5.92 Å². The van der Waals surface area contributed by atoms with Crippen molar-refractivity contribution < 1.29 is 32.2 Å². The van der Waals surface area contributed by atoms with E-state index >= 15 is 0 Å². The Hall–Kier alpha value is -2.29. The fourth-order valence-electron chi connectivity index (χ4n) is 3.82. The Bertz CT molecular complexity index is 758. The SMILES string of the molecule is COc1ccc(C2C(C(=O)OC(C)(C)C)C(C(F)(F)F)N3C(=O)CCN23)cc1. The smallest absolute Gasteiger partial charge is 0.411 e. The van der Waals surface area contributed by atoms with Gasteiger partial charge < -0.3 is 9.47 Å². The molecule has 154 valence electrons. The van der Waals surface area contributed by atoms with Crippen LogP contribution in [-0.4, -0.2) is 53.4 Å². The molecule has 3 atom stereocenters. The number of rotatable bonds is 3. The highest BCUT2D eigenvalue weighted by molar-refractivity contribution is 5.82. The van der Waals surface area contributed by atoms with Crippen molar-refractivity contribution in [1.29, 1.82) is 0 Å². The molecule has 2 fully saturated rings. The predicted octanol–water partition coefficient (Wildman–Crippen LogP) is 3.09. The van der Waals surface area contributed by atoms with Gasteiger partial charge in [0.25, 0.3) is 0 Å². The second-order valence-electron chi connectivity index (χ2n) is 7.92. The number of carbonyl (C=O) groups is 2. The van der Waals surface area contributed by atoms with Gasteiger partial charge >= 0.3 is 12.1 Å².